The molecule has 8 N–H and O–H groups in total. The number of carboxylic acids is 1. The highest BCUT2D eigenvalue weighted by Gasteiger charge is 2.27. The van der Waals surface area contributed by atoms with Crippen LogP contribution >= 0.6 is 7.60 Å². The van der Waals surface area contributed by atoms with Crippen molar-refractivity contribution in [1.82, 2.24) is 5.32 Å². The van der Waals surface area contributed by atoms with E-state index in [1.54, 1.807) is 0 Å². The summed E-state index contributed by atoms with van der Waals surface area (Å²) in [4.78, 5) is 32.7. The first-order chi connectivity index (χ1) is 9.18. The molecule has 0 aliphatic heterocycles. The molecule has 0 amide bonds. The molecule has 0 bridgehead atoms. The smallest absolute Gasteiger partial charge is 0.333 e. The summed E-state index contributed by atoms with van der Waals surface area (Å²) in [7, 11) is -4.34. The molecular weight excluding hydrogens is 287 g/mol. The standard InChI is InChI=1S/C10H21N4O5P/c1-2-7(20(17,18)19)6-14-8(9(15)16)4-3-5-13-10(11)12/h2,7-8,14H,1,3-6H2,(H,15,16)(H4,11,12,13)(H2,17,18,19)/t7?,8-/m0/s1. The van der Waals surface area contributed by atoms with Crippen molar-refractivity contribution in [3.05, 3.63) is 12.7 Å². The molecule has 0 radical (unpaired) electrons. The fraction of sp³-hybridized carbons (Fsp3) is 0.600. The Bertz CT molecular complexity index is 404. The lowest BCUT2D eigenvalue weighted by Crippen LogP contribution is -2.40. The van der Waals surface area contributed by atoms with Crippen LogP contribution in [0.5, 0.6) is 0 Å². The number of hydrogen-bond acceptors (Lipinski definition) is 4. The lowest BCUT2D eigenvalue weighted by molar-refractivity contribution is -0.139. The van der Waals surface area contributed by atoms with Crippen molar-refractivity contribution >= 4 is 19.5 Å². The Morgan fingerprint density at radius 2 is 2.05 bits per heavy atom. The highest BCUT2D eigenvalue weighted by molar-refractivity contribution is 7.52. The molecule has 0 aliphatic rings. The summed E-state index contributed by atoms with van der Waals surface area (Å²) in [6.45, 7) is 3.44. The molecule has 116 valence electrons. The van der Waals surface area contributed by atoms with E-state index in [-0.39, 0.29) is 25.5 Å². The van der Waals surface area contributed by atoms with E-state index in [1.165, 1.54) is 0 Å². The van der Waals surface area contributed by atoms with E-state index in [0.717, 1.165) is 6.08 Å². The molecule has 0 aromatic heterocycles. The first kappa shape index (κ1) is 18.6. The van der Waals surface area contributed by atoms with Crippen LogP contribution in [0, 0.1) is 0 Å². The summed E-state index contributed by atoms with van der Waals surface area (Å²) in [6.07, 6.45) is 1.76. The van der Waals surface area contributed by atoms with Crippen LogP contribution in [0.2, 0.25) is 0 Å². The molecule has 0 aliphatic carbocycles. The number of carboxylic acid groups (broad SMARTS) is 1. The number of nitrogens with one attached hydrogen (secondary N) is 1. The van der Waals surface area contributed by atoms with E-state index in [1.807, 2.05) is 0 Å². The van der Waals surface area contributed by atoms with Crippen LogP contribution in [0.3, 0.4) is 0 Å². The fourth-order valence-electron chi connectivity index (χ4n) is 1.42. The maximum Gasteiger partial charge on any atom is 0.333 e. The Labute approximate surface area is 116 Å². The summed E-state index contributed by atoms with van der Waals surface area (Å²) in [6, 6.07) is -0.932. The SMILES string of the molecule is C=CC(CN[C@@H](CCCN=C(N)N)C(=O)O)P(=O)(O)O. The van der Waals surface area contributed by atoms with Gasteiger partial charge in [-0.1, -0.05) is 6.08 Å². The van der Waals surface area contributed by atoms with Gasteiger partial charge in [0.05, 0.1) is 5.66 Å². The molecule has 1 unspecified atom stereocenters. The Hall–Kier alpha value is -1.41. The average Bonchev–Trinajstić information content (AvgIpc) is 2.29. The monoisotopic (exact) mass is 308 g/mol. The summed E-state index contributed by atoms with van der Waals surface area (Å²) < 4.78 is 11.1. The number of rotatable bonds is 10. The van der Waals surface area contributed by atoms with Gasteiger partial charge in [0, 0.05) is 13.1 Å². The zero-order chi connectivity index (χ0) is 15.8. The Morgan fingerprint density at radius 1 is 1.45 bits per heavy atom. The minimum atomic E-state index is -4.34. The number of guanidine groups is 1. The largest absolute Gasteiger partial charge is 0.480 e. The summed E-state index contributed by atoms with van der Waals surface area (Å²) in [5, 5.41) is 11.6. The highest BCUT2D eigenvalue weighted by Crippen LogP contribution is 2.41. The number of nitrogens with two attached hydrogens (primary N) is 2. The van der Waals surface area contributed by atoms with Crippen molar-refractivity contribution in [2.24, 2.45) is 16.5 Å². The van der Waals surface area contributed by atoms with Crippen LogP contribution in [0.25, 0.3) is 0 Å². The number of carbonyl (C=O) groups is 1. The van der Waals surface area contributed by atoms with Gasteiger partial charge in [0.15, 0.2) is 5.96 Å². The molecule has 9 nitrogen and oxygen atoms in total. The van der Waals surface area contributed by atoms with E-state index >= 15 is 0 Å². The third-order valence-electron chi connectivity index (χ3n) is 2.52. The summed E-state index contributed by atoms with van der Waals surface area (Å²) >= 11 is 0. The predicted molar refractivity (Wildman–Crippen MR) is 75.4 cm³/mol. The summed E-state index contributed by atoms with van der Waals surface area (Å²) in [5.74, 6) is -1.18. The lowest BCUT2D eigenvalue weighted by atomic mass is 10.1. The molecule has 0 aromatic carbocycles. The minimum Gasteiger partial charge on any atom is -0.480 e. The molecular formula is C10H21N4O5P. The first-order valence-corrected chi connectivity index (χ1v) is 7.56. The number of aliphatic imine (C=N–C) groups is 1. The van der Waals surface area contributed by atoms with Crippen molar-refractivity contribution in [1.29, 1.82) is 0 Å². The van der Waals surface area contributed by atoms with Gasteiger partial charge in [-0.25, -0.2) is 0 Å². The van der Waals surface area contributed by atoms with Crippen molar-refractivity contribution < 1.29 is 24.3 Å². The molecule has 20 heavy (non-hydrogen) atoms. The minimum absolute atomic E-state index is 0.0712. The van der Waals surface area contributed by atoms with Gasteiger partial charge in [0.2, 0.25) is 0 Å². The highest BCUT2D eigenvalue weighted by atomic mass is 31.2. The van der Waals surface area contributed by atoms with E-state index in [0.29, 0.717) is 6.42 Å². The van der Waals surface area contributed by atoms with Crippen LogP contribution in [-0.2, 0) is 9.36 Å². The quantitative estimate of drug-likeness (QED) is 0.0961. The van der Waals surface area contributed by atoms with E-state index < -0.39 is 25.3 Å². The Balaban J connectivity index is 4.35. The molecule has 0 saturated heterocycles. The van der Waals surface area contributed by atoms with Crippen LogP contribution in [-0.4, -0.2) is 51.6 Å². The lowest BCUT2D eigenvalue weighted by Gasteiger charge is -2.19. The fourth-order valence-corrected chi connectivity index (χ4v) is 2.04. The van der Waals surface area contributed by atoms with Crippen LogP contribution in [0.1, 0.15) is 12.8 Å². The molecule has 0 saturated carbocycles. The average molecular weight is 308 g/mol. The van der Waals surface area contributed by atoms with E-state index in [4.69, 9.17) is 26.4 Å². The number of hydrogen-bond donors (Lipinski definition) is 6. The molecule has 0 fully saturated rings. The second kappa shape index (κ2) is 8.70. The van der Waals surface area contributed by atoms with Crippen molar-refractivity contribution in [2.45, 2.75) is 24.5 Å². The first-order valence-electron chi connectivity index (χ1n) is 5.87. The zero-order valence-corrected chi connectivity index (χ0v) is 11.9. The predicted octanol–water partition coefficient (Wildman–Crippen LogP) is -1.18. The number of aliphatic carboxylic acids is 1. The van der Waals surface area contributed by atoms with Crippen molar-refractivity contribution in [3.8, 4) is 0 Å². The number of nitrogens with zero attached hydrogens (tertiary/aromatic N) is 1. The normalized spacial score (nSPS) is 14.3. The van der Waals surface area contributed by atoms with Crippen LogP contribution in [0.15, 0.2) is 17.6 Å². The van der Waals surface area contributed by atoms with Gasteiger partial charge in [-0.05, 0) is 12.8 Å². The third kappa shape index (κ3) is 7.90. The van der Waals surface area contributed by atoms with Gasteiger partial charge < -0.3 is 31.7 Å². The van der Waals surface area contributed by atoms with Crippen molar-refractivity contribution in [3.63, 3.8) is 0 Å². The van der Waals surface area contributed by atoms with Crippen LogP contribution < -0.4 is 16.8 Å². The van der Waals surface area contributed by atoms with Gasteiger partial charge in [0.25, 0.3) is 0 Å². The summed E-state index contributed by atoms with van der Waals surface area (Å²) in [5.41, 5.74) is 9.14. The topological polar surface area (TPSA) is 171 Å². The molecule has 10 heteroatoms. The molecule has 0 heterocycles. The van der Waals surface area contributed by atoms with E-state index in [9.17, 15) is 9.36 Å². The van der Waals surface area contributed by atoms with Gasteiger partial charge in [-0.15, -0.1) is 6.58 Å². The van der Waals surface area contributed by atoms with Crippen LogP contribution in [0.4, 0.5) is 0 Å². The second-order valence-electron chi connectivity index (χ2n) is 4.14. The molecule has 0 spiro atoms. The Morgan fingerprint density at radius 3 is 2.45 bits per heavy atom. The van der Waals surface area contributed by atoms with Crippen molar-refractivity contribution in [2.75, 3.05) is 13.1 Å². The zero-order valence-electron chi connectivity index (χ0n) is 11.0. The Kier molecular flexibility index (Phi) is 8.09. The van der Waals surface area contributed by atoms with E-state index in [2.05, 4.69) is 16.9 Å². The van der Waals surface area contributed by atoms with Gasteiger partial charge in [-0.3, -0.25) is 14.4 Å². The van der Waals surface area contributed by atoms with Gasteiger partial charge in [-0.2, -0.15) is 0 Å². The third-order valence-corrected chi connectivity index (χ3v) is 3.78. The molecule has 2 atom stereocenters. The molecule has 0 aromatic rings. The maximum atomic E-state index is 11.1. The maximum absolute atomic E-state index is 11.1. The molecule has 0 rings (SSSR count). The van der Waals surface area contributed by atoms with Gasteiger partial charge in [0.1, 0.15) is 6.04 Å². The second-order valence-corrected chi connectivity index (χ2v) is 5.98. The van der Waals surface area contributed by atoms with Gasteiger partial charge >= 0.3 is 13.6 Å².